The van der Waals surface area contributed by atoms with Crippen LogP contribution in [0.25, 0.3) is 11.0 Å². The first-order chi connectivity index (χ1) is 22.9. The molecule has 0 unspecified atom stereocenters. The SMILES string of the molecule is COc1ccc2nc3c(nc2c1)O[C@H]1CN(C(=O)[C@H](C2(C)CCCCC2)NC(=O)O[C@@H]2CCC[C@H]2CCCCC3(F)F)[C@H](C(C)=O)[C@@H]1C. The van der Waals surface area contributed by atoms with E-state index >= 15 is 8.78 Å². The van der Waals surface area contributed by atoms with Crippen LogP contribution in [0.4, 0.5) is 13.6 Å². The summed E-state index contributed by atoms with van der Waals surface area (Å²) in [5.74, 6) is -4.32. The summed E-state index contributed by atoms with van der Waals surface area (Å²) < 4.78 is 49.9. The van der Waals surface area contributed by atoms with Crippen LogP contribution in [-0.2, 0) is 20.2 Å². The van der Waals surface area contributed by atoms with E-state index in [0.29, 0.717) is 30.5 Å². The lowest BCUT2D eigenvalue weighted by molar-refractivity contribution is -0.142. The third-order valence-corrected chi connectivity index (χ3v) is 11.3. The number of amides is 2. The average molecular weight is 671 g/mol. The molecule has 2 aliphatic carbocycles. The molecule has 2 bridgehead atoms. The number of alkyl halides is 2. The summed E-state index contributed by atoms with van der Waals surface area (Å²) in [6, 6.07) is 3.04. The number of fused-ring (bicyclic) bond motifs is 5. The average Bonchev–Trinajstić information content (AvgIpc) is 3.63. The Labute approximate surface area is 280 Å². The van der Waals surface area contributed by atoms with Crippen molar-refractivity contribution in [3.8, 4) is 11.6 Å². The van der Waals surface area contributed by atoms with Crippen molar-refractivity contribution in [2.75, 3.05) is 13.7 Å². The topological polar surface area (TPSA) is 120 Å². The van der Waals surface area contributed by atoms with Gasteiger partial charge in [-0.15, -0.1) is 0 Å². The minimum absolute atomic E-state index is 0.0406. The molecule has 3 heterocycles. The van der Waals surface area contributed by atoms with Crippen LogP contribution >= 0.6 is 0 Å². The van der Waals surface area contributed by atoms with Crippen molar-refractivity contribution in [2.24, 2.45) is 17.3 Å². The number of nitrogens with one attached hydrogen (secondary N) is 1. The maximum Gasteiger partial charge on any atom is 0.408 e. The number of nitrogens with zero attached hydrogens (tertiary/aromatic N) is 3. The van der Waals surface area contributed by atoms with Crippen molar-refractivity contribution >= 4 is 28.8 Å². The van der Waals surface area contributed by atoms with Gasteiger partial charge in [-0.05, 0) is 75.3 Å². The first kappa shape index (κ1) is 34.3. The summed E-state index contributed by atoms with van der Waals surface area (Å²) >= 11 is 0. The number of hydrogen-bond acceptors (Lipinski definition) is 8. The number of Topliss-reactive ketones (excluding diaryl/α,β-unsaturated/α-hetero) is 1. The number of benzene rings is 1. The van der Waals surface area contributed by atoms with Gasteiger partial charge in [-0.3, -0.25) is 9.59 Å². The van der Waals surface area contributed by atoms with E-state index in [0.717, 1.165) is 44.9 Å². The van der Waals surface area contributed by atoms with Crippen molar-refractivity contribution in [2.45, 2.75) is 128 Å². The van der Waals surface area contributed by atoms with Gasteiger partial charge in [0.15, 0.2) is 11.5 Å². The Morgan fingerprint density at radius 1 is 0.958 bits per heavy atom. The number of alkyl carbamates (subject to hydrolysis) is 1. The minimum Gasteiger partial charge on any atom is -0.497 e. The highest BCUT2D eigenvalue weighted by molar-refractivity contribution is 5.92. The molecule has 262 valence electrons. The predicted octanol–water partition coefficient (Wildman–Crippen LogP) is 6.72. The van der Waals surface area contributed by atoms with E-state index in [2.05, 4.69) is 15.3 Å². The zero-order valence-electron chi connectivity index (χ0n) is 28.4. The summed E-state index contributed by atoms with van der Waals surface area (Å²) in [5, 5.41) is 2.97. The molecule has 6 rings (SSSR count). The Kier molecular flexibility index (Phi) is 9.82. The van der Waals surface area contributed by atoms with Gasteiger partial charge in [0.1, 0.15) is 24.0 Å². The molecule has 1 saturated heterocycles. The van der Waals surface area contributed by atoms with Gasteiger partial charge in [0, 0.05) is 18.4 Å². The first-order valence-electron chi connectivity index (χ1n) is 17.6. The fourth-order valence-electron chi connectivity index (χ4n) is 8.53. The molecule has 2 saturated carbocycles. The van der Waals surface area contributed by atoms with Gasteiger partial charge >= 0.3 is 6.09 Å². The molecule has 4 aliphatic rings. The van der Waals surface area contributed by atoms with Crippen LogP contribution in [0, 0.1) is 17.3 Å². The summed E-state index contributed by atoms with van der Waals surface area (Å²) in [7, 11) is 1.50. The minimum atomic E-state index is -3.36. The van der Waals surface area contributed by atoms with Crippen molar-refractivity contribution in [3.05, 3.63) is 23.9 Å². The third kappa shape index (κ3) is 6.81. The molecule has 0 radical (unpaired) electrons. The molecule has 2 aromatic rings. The highest BCUT2D eigenvalue weighted by Gasteiger charge is 2.51. The second kappa shape index (κ2) is 13.7. The molecule has 10 nitrogen and oxygen atoms in total. The number of halogens is 2. The number of ether oxygens (including phenoxy) is 3. The quantitative estimate of drug-likeness (QED) is 0.382. The fourth-order valence-corrected chi connectivity index (χ4v) is 8.53. The normalized spacial score (nSPS) is 31.0. The van der Waals surface area contributed by atoms with Crippen LogP contribution in [0.15, 0.2) is 18.2 Å². The van der Waals surface area contributed by atoms with Crippen molar-refractivity contribution < 1.29 is 37.4 Å². The summed E-state index contributed by atoms with van der Waals surface area (Å²) in [6.07, 6.45) is 5.91. The molecule has 1 N–H and O–H groups in total. The predicted molar refractivity (Wildman–Crippen MR) is 174 cm³/mol. The van der Waals surface area contributed by atoms with Gasteiger partial charge in [-0.1, -0.05) is 39.5 Å². The number of ketones is 1. The number of rotatable bonds is 3. The second-order valence-corrected chi connectivity index (χ2v) is 14.7. The van der Waals surface area contributed by atoms with Crippen LogP contribution in [0.5, 0.6) is 11.6 Å². The van der Waals surface area contributed by atoms with Crippen LogP contribution in [-0.4, -0.2) is 70.6 Å². The highest BCUT2D eigenvalue weighted by atomic mass is 19.3. The summed E-state index contributed by atoms with van der Waals surface area (Å²) in [4.78, 5) is 51.7. The van der Waals surface area contributed by atoms with Crippen LogP contribution in [0.2, 0.25) is 0 Å². The van der Waals surface area contributed by atoms with Gasteiger partial charge in [-0.25, -0.2) is 14.8 Å². The van der Waals surface area contributed by atoms with Crippen LogP contribution in [0.1, 0.15) is 104 Å². The number of carbonyl (C=O) groups is 3. The maximum atomic E-state index is 16.1. The standard InChI is InChI=1S/C36H48F2N4O6/c1-21-28-20-42(29(21)22(2)43)33(44)31(35(3)16-7-5-8-17-35)41-34(45)48-27-13-10-12-23(27)11-6-9-18-36(37,38)30-32(47-28)40-26-19-24(46-4)14-15-25(26)39-30/h14-15,19,21,23,27-29,31H,5-13,16-18,20H2,1-4H3,(H,41,45)/t21-,23-,27-,28+,29+,31-/m1/s1. The zero-order chi connectivity index (χ0) is 34.2. The lowest BCUT2D eigenvalue weighted by Crippen LogP contribution is -2.59. The van der Waals surface area contributed by atoms with Crippen LogP contribution in [0.3, 0.4) is 0 Å². The van der Waals surface area contributed by atoms with Gasteiger partial charge in [0.05, 0.1) is 30.7 Å². The molecule has 3 fully saturated rings. The third-order valence-electron chi connectivity index (χ3n) is 11.3. The molecule has 2 amide bonds. The van der Waals surface area contributed by atoms with Crippen molar-refractivity contribution in [1.82, 2.24) is 20.2 Å². The van der Waals surface area contributed by atoms with E-state index < -0.39 is 59.6 Å². The lowest BCUT2D eigenvalue weighted by atomic mass is 9.70. The smallest absolute Gasteiger partial charge is 0.408 e. The maximum absolute atomic E-state index is 16.1. The van der Waals surface area contributed by atoms with E-state index in [9.17, 15) is 14.4 Å². The van der Waals surface area contributed by atoms with Gasteiger partial charge in [-0.2, -0.15) is 8.78 Å². The number of carbonyl (C=O) groups excluding carboxylic acids is 3. The molecular formula is C36H48F2N4O6. The van der Waals surface area contributed by atoms with Crippen LogP contribution < -0.4 is 14.8 Å². The van der Waals surface area contributed by atoms with E-state index in [1.165, 1.54) is 18.9 Å². The van der Waals surface area contributed by atoms with Gasteiger partial charge in [0.25, 0.3) is 5.92 Å². The number of aromatic nitrogens is 2. The molecule has 1 aromatic carbocycles. The molecular weight excluding hydrogens is 622 g/mol. The Morgan fingerprint density at radius 3 is 2.42 bits per heavy atom. The van der Waals surface area contributed by atoms with E-state index in [-0.39, 0.29) is 42.2 Å². The van der Waals surface area contributed by atoms with E-state index in [1.54, 1.807) is 25.1 Å². The molecule has 2 aliphatic heterocycles. The molecule has 6 atom stereocenters. The van der Waals surface area contributed by atoms with Crippen molar-refractivity contribution in [3.63, 3.8) is 0 Å². The Morgan fingerprint density at radius 2 is 1.69 bits per heavy atom. The van der Waals surface area contributed by atoms with E-state index in [1.807, 2.05) is 6.92 Å². The zero-order valence-corrected chi connectivity index (χ0v) is 28.4. The van der Waals surface area contributed by atoms with Gasteiger partial charge < -0.3 is 24.4 Å². The monoisotopic (exact) mass is 670 g/mol. The fraction of sp³-hybridized carbons (Fsp3) is 0.694. The summed E-state index contributed by atoms with van der Waals surface area (Å²) in [6.45, 7) is 5.17. The van der Waals surface area contributed by atoms with Crippen molar-refractivity contribution in [1.29, 1.82) is 0 Å². The number of methoxy groups -OCH3 is 1. The summed E-state index contributed by atoms with van der Waals surface area (Å²) in [5.41, 5.74) is -0.498. The first-order valence-corrected chi connectivity index (χ1v) is 17.6. The van der Waals surface area contributed by atoms with E-state index in [4.69, 9.17) is 14.2 Å². The Bertz CT molecular complexity index is 1530. The molecule has 0 spiro atoms. The molecule has 12 heteroatoms. The highest BCUT2D eigenvalue weighted by Crippen LogP contribution is 2.43. The Balaban J connectivity index is 1.42. The number of hydrogen-bond donors (Lipinski definition) is 1. The molecule has 1 aromatic heterocycles. The largest absolute Gasteiger partial charge is 0.497 e. The lowest BCUT2D eigenvalue weighted by Gasteiger charge is -2.42. The Hall–Kier alpha value is -3.57. The van der Waals surface area contributed by atoms with Gasteiger partial charge in [0.2, 0.25) is 11.8 Å². The molecule has 48 heavy (non-hydrogen) atoms. The second-order valence-electron chi connectivity index (χ2n) is 14.7.